The predicted octanol–water partition coefficient (Wildman–Crippen LogP) is 4.19. The molecule has 0 amide bonds. The summed E-state index contributed by atoms with van der Waals surface area (Å²) >= 11 is 6.87. The number of aromatic amines is 1. The molecule has 7 nitrogen and oxygen atoms in total. The fraction of sp³-hybridized carbons (Fsp3) is 0. The molecule has 0 unspecified atom stereocenters. The number of halogens is 2. The molecular weight excluding hydrogens is 425 g/mol. The minimum absolute atomic E-state index is 0.0212. The third kappa shape index (κ3) is 3.75. The molecule has 2 N–H and O–H groups in total. The third-order valence-corrected chi connectivity index (χ3v) is 7.08. The number of thiophene rings is 1. The first-order valence-electron chi connectivity index (χ1n) is 7.85. The Morgan fingerprint density at radius 1 is 1.07 bits per heavy atom. The maximum absolute atomic E-state index is 13.3. The van der Waals surface area contributed by atoms with Crippen LogP contribution in [0.15, 0.2) is 58.8 Å². The van der Waals surface area contributed by atoms with E-state index in [0.29, 0.717) is 27.5 Å². The van der Waals surface area contributed by atoms with Crippen molar-refractivity contribution in [2.45, 2.75) is 4.21 Å². The highest BCUT2D eigenvalue weighted by molar-refractivity contribution is 7.94. The second kappa shape index (κ2) is 7.30. The van der Waals surface area contributed by atoms with Crippen LogP contribution < -0.4 is 4.72 Å². The quantitative estimate of drug-likeness (QED) is 0.489. The van der Waals surface area contributed by atoms with Gasteiger partial charge in [0.05, 0.1) is 5.02 Å². The first-order valence-corrected chi connectivity index (χ1v) is 10.5. The third-order valence-electron chi connectivity index (χ3n) is 3.78. The molecule has 0 aliphatic rings. The standard InChI is InChI=1S/C17H11ClFN5O2S2/c18-13-9-10(4-5-14(13)19)15-6-7-16(27-15)28(25,26)22-12-3-1-2-11(8-12)17-20-23-24-21-17/h1-9,22H,(H,20,21,23,24). The van der Waals surface area contributed by atoms with Crippen molar-refractivity contribution in [2.24, 2.45) is 0 Å². The van der Waals surface area contributed by atoms with Crippen molar-refractivity contribution in [3.05, 3.63) is 65.4 Å². The van der Waals surface area contributed by atoms with E-state index in [1.54, 1.807) is 36.4 Å². The van der Waals surface area contributed by atoms with Gasteiger partial charge in [-0.05, 0) is 52.4 Å². The first-order chi connectivity index (χ1) is 13.4. The highest BCUT2D eigenvalue weighted by Gasteiger charge is 2.18. The van der Waals surface area contributed by atoms with E-state index in [-0.39, 0.29) is 9.23 Å². The lowest BCUT2D eigenvalue weighted by molar-refractivity contribution is 0.603. The van der Waals surface area contributed by atoms with Crippen LogP contribution in [0.5, 0.6) is 0 Å². The molecule has 2 heterocycles. The van der Waals surface area contributed by atoms with Crippen LogP contribution in [-0.4, -0.2) is 29.0 Å². The molecule has 0 spiro atoms. The molecule has 0 fully saturated rings. The number of benzene rings is 2. The zero-order valence-electron chi connectivity index (χ0n) is 13.9. The number of hydrogen-bond acceptors (Lipinski definition) is 6. The highest BCUT2D eigenvalue weighted by Crippen LogP contribution is 2.33. The zero-order chi connectivity index (χ0) is 19.7. The van der Waals surface area contributed by atoms with Gasteiger partial charge in [-0.15, -0.1) is 16.4 Å². The van der Waals surface area contributed by atoms with Crippen LogP contribution in [0.3, 0.4) is 0 Å². The molecule has 0 radical (unpaired) electrons. The van der Waals surface area contributed by atoms with E-state index in [4.69, 9.17) is 11.6 Å². The van der Waals surface area contributed by atoms with Gasteiger partial charge in [-0.3, -0.25) is 4.72 Å². The van der Waals surface area contributed by atoms with Crippen LogP contribution in [-0.2, 0) is 10.0 Å². The molecule has 0 bridgehead atoms. The van der Waals surface area contributed by atoms with Crippen LogP contribution in [0.1, 0.15) is 0 Å². The molecule has 4 aromatic rings. The second-order valence-electron chi connectivity index (χ2n) is 5.68. The van der Waals surface area contributed by atoms with E-state index in [9.17, 15) is 12.8 Å². The van der Waals surface area contributed by atoms with Crippen molar-refractivity contribution in [3.63, 3.8) is 0 Å². The lowest BCUT2D eigenvalue weighted by atomic mass is 10.2. The Bertz CT molecular complexity index is 1240. The average Bonchev–Trinajstić information content (AvgIpc) is 3.36. The van der Waals surface area contributed by atoms with E-state index in [1.165, 1.54) is 18.2 Å². The van der Waals surface area contributed by atoms with E-state index in [2.05, 4.69) is 25.3 Å². The number of aromatic nitrogens is 4. The van der Waals surface area contributed by atoms with Crippen molar-refractivity contribution in [1.29, 1.82) is 0 Å². The summed E-state index contributed by atoms with van der Waals surface area (Å²) in [6.45, 7) is 0. The van der Waals surface area contributed by atoms with E-state index < -0.39 is 15.8 Å². The minimum atomic E-state index is -3.80. The van der Waals surface area contributed by atoms with Gasteiger partial charge in [0.2, 0.25) is 0 Å². The molecule has 2 aromatic carbocycles. The van der Waals surface area contributed by atoms with Crippen LogP contribution in [0.2, 0.25) is 5.02 Å². The van der Waals surface area contributed by atoms with Gasteiger partial charge in [-0.1, -0.05) is 29.8 Å². The van der Waals surface area contributed by atoms with Crippen molar-refractivity contribution in [2.75, 3.05) is 4.72 Å². The lowest BCUT2D eigenvalue weighted by Gasteiger charge is -2.07. The van der Waals surface area contributed by atoms with Crippen molar-refractivity contribution >= 4 is 38.6 Å². The van der Waals surface area contributed by atoms with E-state index in [0.717, 1.165) is 11.3 Å². The largest absolute Gasteiger partial charge is 0.279 e. The summed E-state index contributed by atoms with van der Waals surface area (Å²) in [5.41, 5.74) is 1.64. The predicted molar refractivity (Wildman–Crippen MR) is 105 cm³/mol. The molecule has 0 saturated heterocycles. The molecule has 0 aliphatic heterocycles. The summed E-state index contributed by atoms with van der Waals surface area (Å²) in [6, 6.07) is 14.1. The van der Waals surface area contributed by atoms with Gasteiger partial charge in [-0.2, -0.15) is 0 Å². The van der Waals surface area contributed by atoms with E-state index in [1.807, 2.05) is 0 Å². The Balaban J connectivity index is 1.60. The number of H-pyrrole nitrogens is 1. The van der Waals surface area contributed by atoms with Crippen LogP contribution in [0, 0.1) is 5.82 Å². The number of tetrazole rings is 1. The van der Waals surface area contributed by atoms with Gasteiger partial charge in [0.1, 0.15) is 10.0 Å². The zero-order valence-corrected chi connectivity index (χ0v) is 16.3. The van der Waals surface area contributed by atoms with Gasteiger partial charge in [-0.25, -0.2) is 17.9 Å². The summed E-state index contributed by atoms with van der Waals surface area (Å²) in [7, 11) is -3.80. The molecule has 4 rings (SSSR count). The number of nitrogens with zero attached hydrogens (tertiary/aromatic N) is 3. The number of nitrogens with one attached hydrogen (secondary N) is 2. The summed E-state index contributed by atoms with van der Waals surface area (Å²) in [4.78, 5) is 0.656. The number of sulfonamides is 1. The van der Waals surface area contributed by atoms with Crippen molar-refractivity contribution in [1.82, 2.24) is 20.6 Å². The topological polar surface area (TPSA) is 101 Å². The number of hydrogen-bond donors (Lipinski definition) is 2. The molecule has 11 heteroatoms. The molecule has 0 atom stereocenters. The Hall–Kier alpha value is -2.82. The van der Waals surface area contributed by atoms with Gasteiger partial charge >= 0.3 is 0 Å². The first kappa shape index (κ1) is 18.5. The smallest absolute Gasteiger partial charge is 0.271 e. The molecule has 2 aromatic heterocycles. The molecule has 0 saturated carbocycles. The van der Waals surface area contributed by atoms with Gasteiger partial charge < -0.3 is 0 Å². The number of rotatable bonds is 5. The fourth-order valence-corrected chi connectivity index (χ4v) is 5.02. The summed E-state index contributed by atoms with van der Waals surface area (Å²) < 4.78 is 41.5. The fourth-order valence-electron chi connectivity index (χ4n) is 2.49. The van der Waals surface area contributed by atoms with Crippen molar-refractivity contribution < 1.29 is 12.8 Å². The highest BCUT2D eigenvalue weighted by atomic mass is 35.5. The van der Waals surface area contributed by atoms with Gasteiger partial charge in [0, 0.05) is 16.1 Å². The molecular formula is C17H11ClFN5O2S2. The summed E-state index contributed by atoms with van der Waals surface area (Å²) in [5.74, 6) is -0.106. The Kier molecular flexibility index (Phi) is 4.84. The average molecular weight is 436 g/mol. The van der Waals surface area contributed by atoms with Crippen LogP contribution in [0.4, 0.5) is 10.1 Å². The number of anilines is 1. The lowest BCUT2D eigenvalue weighted by Crippen LogP contribution is -2.11. The normalized spacial score (nSPS) is 11.5. The second-order valence-corrected chi connectivity index (χ2v) is 9.08. The molecule has 142 valence electrons. The molecule has 0 aliphatic carbocycles. The van der Waals surface area contributed by atoms with Crippen molar-refractivity contribution in [3.8, 4) is 21.8 Å². The summed E-state index contributed by atoms with van der Waals surface area (Å²) in [5, 5.41) is 13.4. The Morgan fingerprint density at radius 2 is 1.93 bits per heavy atom. The van der Waals surface area contributed by atoms with Crippen LogP contribution >= 0.6 is 22.9 Å². The maximum Gasteiger partial charge on any atom is 0.271 e. The minimum Gasteiger partial charge on any atom is -0.279 e. The maximum atomic E-state index is 13.3. The van der Waals surface area contributed by atoms with Gasteiger partial charge in [0.25, 0.3) is 10.0 Å². The SMILES string of the molecule is O=S(=O)(Nc1cccc(-c2nnn[nH]2)c1)c1ccc(-c2ccc(F)c(Cl)c2)s1. The Morgan fingerprint density at radius 3 is 2.68 bits per heavy atom. The van der Waals surface area contributed by atoms with Crippen LogP contribution in [0.25, 0.3) is 21.8 Å². The van der Waals surface area contributed by atoms with E-state index >= 15 is 0 Å². The Labute approximate surface area is 168 Å². The van der Waals surface area contributed by atoms with Gasteiger partial charge in [0.15, 0.2) is 5.82 Å². The summed E-state index contributed by atoms with van der Waals surface area (Å²) in [6.07, 6.45) is 0. The monoisotopic (exact) mass is 435 g/mol. The molecule has 28 heavy (non-hydrogen) atoms.